The summed E-state index contributed by atoms with van der Waals surface area (Å²) in [6.07, 6.45) is 0.143. The molecule has 0 heterocycles. The average molecular weight is 489 g/mol. The van der Waals surface area contributed by atoms with E-state index in [1.165, 1.54) is 26.4 Å². The van der Waals surface area contributed by atoms with Crippen molar-refractivity contribution in [3.8, 4) is 11.5 Å². The van der Waals surface area contributed by atoms with Crippen LogP contribution >= 0.6 is 11.6 Å². The molecule has 0 spiro atoms. The fourth-order valence-corrected chi connectivity index (χ4v) is 4.96. The zero-order valence-electron chi connectivity index (χ0n) is 18.5. The lowest BCUT2D eigenvalue weighted by atomic mass is 10.1. The molecule has 1 atom stereocenters. The third-order valence-corrected chi connectivity index (χ3v) is 6.71. The molecule has 1 unspecified atom stereocenters. The molecule has 0 aliphatic carbocycles. The molecule has 7 nitrogen and oxygen atoms in total. The van der Waals surface area contributed by atoms with Gasteiger partial charge in [0.05, 0.1) is 19.2 Å². The van der Waals surface area contributed by atoms with Crippen LogP contribution < -0.4 is 19.5 Å². The number of rotatable bonds is 9. The fraction of sp³-hybridized carbons (Fsp3) is 0.208. The Kier molecular flexibility index (Phi) is 7.97. The SMILES string of the molecule is COc1ccc(NC(=O)C(Cc2ccccc2)NS(=O)(=O)c2cc(C)ccc2OC)cc1Cl. The summed E-state index contributed by atoms with van der Waals surface area (Å²) in [5, 5.41) is 3.05. The van der Waals surface area contributed by atoms with Crippen molar-refractivity contribution in [1.29, 1.82) is 0 Å². The van der Waals surface area contributed by atoms with Gasteiger partial charge in [0.2, 0.25) is 15.9 Å². The quantitative estimate of drug-likeness (QED) is 0.471. The van der Waals surface area contributed by atoms with Crippen molar-refractivity contribution in [3.05, 3.63) is 82.9 Å². The van der Waals surface area contributed by atoms with Gasteiger partial charge in [-0.15, -0.1) is 0 Å². The number of aryl methyl sites for hydroxylation is 1. The van der Waals surface area contributed by atoms with Crippen molar-refractivity contribution in [2.45, 2.75) is 24.3 Å². The van der Waals surface area contributed by atoms with E-state index < -0.39 is 22.0 Å². The van der Waals surface area contributed by atoms with Gasteiger partial charge >= 0.3 is 0 Å². The Bertz CT molecular complexity index is 1230. The van der Waals surface area contributed by atoms with Crippen LogP contribution in [0.1, 0.15) is 11.1 Å². The number of carbonyl (C=O) groups excluding carboxylic acids is 1. The Labute approximate surface area is 198 Å². The molecule has 0 bridgehead atoms. The first-order chi connectivity index (χ1) is 15.7. The maximum absolute atomic E-state index is 13.3. The highest BCUT2D eigenvalue weighted by Gasteiger charge is 2.28. The van der Waals surface area contributed by atoms with E-state index in [0.717, 1.165) is 11.1 Å². The molecule has 3 aromatic carbocycles. The summed E-state index contributed by atoms with van der Waals surface area (Å²) >= 11 is 6.16. The summed E-state index contributed by atoms with van der Waals surface area (Å²) in [6.45, 7) is 1.78. The number of amides is 1. The first-order valence-electron chi connectivity index (χ1n) is 10.1. The molecule has 0 aromatic heterocycles. The van der Waals surface area contributed by atoms with Gasteiger partial charge in [0.25, 0.3) is 0 Å². The van der Waals surface area contributed by atoms with Crippen molar-refractivity contribution in [2.24, 2.45) is 0 Å². The summed E-state index contributed by atoms with van der Waals surface area (Å²) < 4.78 is 39.4. The van der Waals surface area contributed by atoms with E-state index in [1.54, 1.807) is 31.2 Å². The van der Waals surface area contributed by atoms with Gasteiger partial charge in [0, 0.05) is 5.69 Å². The lowest BCUT2D eigenvalue weighted by Gasteiger charge is -2.20. The molecule has 0 saturated heterocycles. The Morgan fingerprint density at radius 1 is 0.970 bits per heavy atom. The molecule has 0 radical (unpaired) electrons. The minimum absolute atomic E-state index is 0.0386. The topological polar surface area (TPSA) is 93.7 Å². The molecule has 174 valence electrons. The van der Waals surface area contributed by atoms with Gasteiger partial charge in [0.15, 0.2) is 0 Å². The Morgan fingerprint density at radius 2 is 1.64 bits per heavy atom. The predicted molar refractivity (Wildman–Crippen MR) is 129 cm³/mol. The van der Waals surface area contributed by atoms with Crippen LogP contribution in [0.3, 0.4) is 0 Å². The second kappa shape index (κ2) is 10.7. The lowest BCUT2D eigenvalue weighted by molar-refractivity contribution is -0.117. The molecule has 3 rings (SSSR count). The molecule has 0 aliphatic heterocycles. The molecule has 2 N–H and O–H groups in total. The number of hydrogen-bond acceptors (Lipinski definition) is 5. The first-order valence-corrected chi connectivity index (χ1v) is 11.9. The summed E-state index contributed by atoms with van der Waals surface area (Å²) in [4.78, 5) is 13.1. The van der Waals surface area contributed by atoms with E-state index in [1.807, 2.05) is 30.3 Å². The number of carbonyl (C=O) groups is 1. The predicted octanol–water partition coefficient (Wildman–Crippen LogP) is 4.19. The zero-order valence-corrected chi connectivity index (χ0v) is 20.0. The Morgan fingerprint density at radius 3 is 2.27 bits per heavy atom. The van der Waals surface area contributed by atoms with Gasteiger partial charge < -0.3 is 14.8 Å². The minimum atomic E-state index is -4.08. The Hall–Kier alpha value is -3.07. The number of benzene rings is 3. The lowest BCUT2D eigenvalue weighted by Crippen LogP contribution is -2.45. The standard InChI is InChI=1S/C24H25ClN2O5S/c1-16-9-11-22(32-3)23(13-16)33(29,30)27-20(14-17-7-5-4-6-8-17)24(28)26-18-10-12-21(31-2)19(25)15-18/h4-13,15,20,27H,14H2,1-3H3,(H,26,28). The van der Waals surface area contributed by atoms with E-state index in [4.69, 9.17) is 21.1 Å². The average Bonchev–Trinajstić information content (AvgIpc) is 2.79. The van der Waals surface area contributed by atoms with E-state index in [0.29, 0.717) is 16.5 Å². The highest BCUT2D eigenvalue weighted by Crippen LogP contribution is 2.28. The normalized spacial score (nSPS) is 12.1. The molecule has 3 aromatic rings. The van der Waals surface area contributed by atoms with Crippen molar-refractivity contribution >= 4 is 33.2 Å². The van der Waals surface area contributed by atoms with Gasteiger partial charge in [-0.3, -0.25) is 4.79 Å². The molecular weight excluding hydrogens is 464 g/mol. The van der Waals surface area contributed by atoms with Gasteiger partial charge in [-0.1, -0.05) is 48.0 Å². The molecular formula is C24H25ClN2O5S. The van der Waals surface area contributed by atoms with Gasteiger partial charge in [-0.2, -0.15) is 4.72 Å². The monoisotopic (exact) mass is 488 g/mol. The van der Waals surface area contributed by atoms with Crippen molar-refractivity contribution in [2.75, 3.05) is 19.5 Å². The van der Waals surface area contributed by atoms with Crippen LogP contribution in [0.15, 0.2) is 71.6 Å². The zero-order chi connectivity index (χ0) is 24.0. The number of methoxy groups -OCH3 is 2. The molecule has 0 fully saturated rings. The second-order valence-electron chi connectivity index (χ2n) is 7.36. The van der Waals surface area contributed by atoms with Crippen LogP contribution in [-0.2, 0) is 21.2 Å². The molecule has 0 saturated carbocycles. The first kappa shape index (κ1) is 24.6. The number of halogens is 1. The molecule has 9 heteroatoms. The van der Waals surface area contributed by atoms with E-state index >= 15 is 0 Å². The third kappa shape index (κ3) is 6.25. The van der Waals surface area contributed by atoms with Gasteiger partial charge in [-0.05, 0) is 54.8 Å². The summed E-state index contributed by atoms with van der Waals surface area (Å²) in [7, 11) is -1.20. The van der Waals surface area contributed by atoms with Crippen LogP contribution in [0, 0.1) is 6.92 Å². The Balaban J connectivity index is 1.92. The van der Waals surface area contributed by atoms with Gasteiger partial charge in [0.1, 0.15) is 22.4 Å². The van der Waals surface area contributed by atoms with Crippen LogP contribution in [0.4, 0.5) is 5.69 Å². The van der Waals surface area contributed by atoms with E-state index in [9.17, 15) is 13.2 Å². The van der Waals surface area contributed by atoms with E-state index in [-0.39, 0.29) is 17.1 Å². The summed E-state index contributed by atoms with van der Waals surface area (Å²) in [6, 6.07) is 17.7. The van der Waals surface area contributed by atoms with Crippen molar-refractivity contribution < 1.29 is 22.7 Å². The molecule has 0 aliphatic rings. The highest BCUT2D eigenvalue weighted by atomic mass is 35.5. The highest BCUT2D eigenvalue weighted by molar-refractivity contribution is 7.89. The van der Waals surface area contributed by atoms with Crippen molar-refractivity contribution in [3.63, 3.8) is 0 Å². The number of nitrogens with one attached hydrogen (secondary N) is 2. The minimum Gasteiger partial charge on any atom is -0.495 e. The maximum Gasteiger partial charge on any atom is 0.245 e. The number of sulfonamides is 1. The fourth-order valence-electron chi connectivity index (χ4n) is 3.26. The van der Waals surface area contributed by atoms with E-state index in [2.05, 4.69) is 10.0 Å². The summed E-state index contributed by atoms with van der Waals surface area (Å²) in [5.74, 6) is 0.118. The second-order valence-corrected chi connectivity index (χ2v) is 9.45. The van der Waals surface area contributed by atoms with Gasteiger partial charge in [-0.25, -0.2) is 8.42 Å². The number of anilines is 1. The van der Waals surface area contributed by atoms with Crippen LogP contribution in [-0.4, -0.2) is 34.6 Å². The molecule has 33 heavy (non-hydrogen) atoms. The third-order valence-electron chi connectivity index (χ3n) is 4.92. The van der Waals surface area contributed by atoms with Crippen molar-refractivity contribution in [1.82, 2.24) is 4.72 Å². The summed E-state index contributed by atoms with van der Waals surface area (Å²) in [5.41, 5.74) is 1.95. The van der Waals surface area contributed by atoms with Crippen LogP contribution in [0.2, 0.25) is 5.02 Å². The van der Waals surface area contributed by atoms with Crippen LogP contribution in [0.5, 0.6) is 11.5 Å². The van der Waals surface area contributed by atoms with Crippen LogP contribution in [0.25, 0.3) is 0 Å². The molecule has 1 amide bonds. The number of hydrogen-bond donors (Lipinski definition) is 2. The largest absolute Gasteiger partial charge is 0.495 e. The smallest absolute Gasteiger partial charge is 0.245 e. The maximum atomic E-state index is 13.3. The number of ether oxygens (including phenoxy) is 2.